The number of likely N-dealkylation sites (tertiary alicyclic amines) is 1. The Morgan fingerprint density at radius 3 is 2.74 bits per heavy atom. The van der Waals surface area contributed by atoms with Crippen LogP contribution in [0.3, 0.4) is 0 Å². The van der Waals surface area contributed by atoms with Gasteiger partial charge in [0.15, 0.2) is 0 Å². The normalized spacial score (nSPS) is 22.8. The van der Waals surface area contributed by atoms with E-state index in [4.69, 9.17) is 4.74 Å². The highest BCUT2D eigenvalue weighted by Gasteiger charge is 2.51. The van der Waals surface area contributed by atoms with E-state index in [9.17, 15) is 14.4 Å². The number of nitrogens with one attached hydrogen (secondary N) is 2. The second-order valence-electron chi connectivity index (χ2n) is 11.5. The lowest BCUT2D eigenvalue weighted by molar-refractivity contribution is -0.150. The number of piperidine rings is 1. The molecule has 0 saturated carbocycles. The third-order valence-corrected chi connectivity index (χ3v) is 8.52. The SMILES string of the molecule is COc1cccc([C@H]2CCC(C)(C)C(=O)N2CC(=O)Nc2ccc3c(c2)C[C@@]2(C3)C(=O)Nc3ncccc32)c1. The number of ether oxygens (including phenoxy) is 1. The zero-order valence-corrected chi connectivity index (χ0v) is 22.4. The number of carbonyl (C=O) groups excluding carboxylic acids is 3. The molecule has 1 aliphatic carbocycles. The van der Waals surface area contributed by atoms with Crippen molar-refractivity contribution in [3.63, 3.8) is 0 Å². The molecule has 0 unspecified atom stereocenters. The number of fused-ring (bicyclic) bond motifs is 3. The van der Waals surface area contributed by atoms with Crippen LogP contribution in [0.5, 0.6) is 5.75 Å². The van der Waals surface area contributed by atoms with Crippen LogP contribution in [0.15, 0.2) is 60.8 Å². The van der Waals surface area contributed by atoms with Gasteiger partial charge < -0.3 is 20.3 Å². The topological polar surface area (TPSA) is 101 Å². The second-order valence-corrected chi connectivity index (χ2v) is 11.5. The van der Waals surface area contributed by atoms with E-state index < -0.39 is 10.8 Å². The van der Waals surface area contributed by atoms with Crippen molar-refractivity contribution >= 4 is 29.2 Å². The average molecular weight is 525 g/mol. The van der Waals surface area contributed by atoms with Gasteiger partial charge in [-0.2, -0.15) is 0 Å². The van der Waals surface area contributed by atoms with Gasteiger partial charge in [0.25, 0.3) is 0 Å². The van der Waals surface area contributed by atoms with Crippen molar-refractivity contribution in [1.82, 2.24) is 9.88 Å². The van der Waals surface area contributed by atoms with Gasteiger partial charge in [-0.05, 0) is 72.7 Å². The lowest BCUT2D eigenvalue weighted by Crippen LogP contribution is -2.50. The molecule has 8 heteroatoms. The summed E-state index contributed by atoms with van der Waals surface area (Å²) in [4.78, 5) is 45.8. The molecule has 3 aliphatic rings. The summed E-state index contributed by atoms with van der Waals surface area (Å²) in [5, 5.41) is 5.93. The summed E-state index contributed by atoms with van der Waals surface area (Å²) >= 11 is 0. The molecule has 6 rings (SSSR count). The molecule has 200 valence electrons. The predicted molar refractivity (Wildman–Crippen MR) is 147 cm³/mol. The molecule has 2 aliphatic heterocycles. The molecule has 2 N–H and O–H groups in total. The molecule has 39 heavy (non-hydrogen) atoms. The number of aromatic nitrogens is 1. The van der Waals surface area contributed by atoms with Crippen LogP contribution in [-0.4, -0.2) is 41.3 Å². The van der Waals surface area contributed by atoms with Gasteiger partial charge in [-0.15, -0.1) is 0 Å². The van der Waals surface area contributed by atoms with E-state index in [-0.39, 0.29) is 30.3 Å². The van der Waals surface area contributed by atoms with Crippen LogP contribution in [0.1, 0.15) is 55.0 Å². The van der Waals surface area contributed by atoms with E-state index in [1.54, 1.807) is 18.2 Å². The molecule has 1 spiro atoms. The number of amides is 3. The maximum Gasteiger partial charge on any atom is 0.244 e. The van der Waals surface area contributed by atoms with Gasteiger partial charge in [-0.25, -0.2) is 4.98 Å². The summed E-state index contributed by atoms with van der Waals surface area (Å²) in [5.41, 5.74) is 3.46. The summed E-state index contributed by atoms with van der Waals surface area (Å²) in [6.45, 7) is 3.82. The minimum Gasteiger partial charge on any atom is -0.497 e. The first-order valence-corrected chi connectivity index (χ1v) is 13.3. The number of anilines is 2. The number of pyridine rings is 1. The smallest absolute Gasteiger partial charge is 0.244 e. The summed E-state index contributed by atoms with van der Waals surface area (Å²) in [6, 6.07) is 17.1. The number of nitrogens with zero attached hydrogens (tertiary/aromatic N) is 2. The minimum atomic E-state index is -0.662. The predicted octanol–water partition coefficient (Wildman–Crippen LogP) is 4.41. The molecule has 1 aromatic heterocycles. The molecule has 1 saturated heterocycles. The van der Waals surface area contributed by atoms with Gasteiger partial charge in [0.05, 0.1) is 18.6 Å². The van der Waals surface area contributed by atoms with E-state index in [0.29, 0.717) is 24.3 Å². The van der Waals surface area contributed by atoms with E-state index in [1.165, 1.54) is 0 Å². The fraction of sp³-hybridized carbons (Fsp3) is 0.355. The van der Waals surface area contributed by atoms with Gasteiger partial charge in [0.1, 0.15) is 18.1 Å². The number of hydrogen-bond acceptors (Lipinski definition) is 5. The van der Waals surface area contributed by atoms with Crippen molar-refractivity contribution in [3.8, 4) is 5.75 Å². The highest BCUT2D eigenvalue weighted by molar-refractivity contribution is 6.06. The zero-order chi connectivity index (χ0) is 27.4. The molecule has 3 heterocycles. The van der Waals surface area contributed by atoms with Gasteiger partial charge >= 0.3 is 0 Å². The Labute approximate surface area is 227 Å². The van der Waals surface area contributed by atoms with Crippen LogP contribution in [0.25, 0.3) is 0 Å². The van der Waals surface area contributed by atoms with Crippen LogP contribution in [0.4, 0.5) is 11.5 Å². The second kappa shape index (κ2) is 9.22. The van der Waals surface area contributed by atoms with Gasteiger partial charge in [0.2, 0.25) is 17.7 Å². The zero-order valence-electron chi connectivity index (χ0n) is 22.4. The van der Waals surface area contributed by atoms with Crippen molar-refractivity contribution in [2.24, 2.45) is 5.41 Å². The Morgan fingerprint density at radius 2 is 1.92 bits per heavy atom. The third-order valence-electron chi connectivity index (χ3n) is 8.52. The fourth-order valence-corrected chi connectivity index (χ4v) is 6.37. The Balaban J connectivity index is 1.21. The van der Waals surface area contributed by atoms with Crippen LogP contribution in [0, 0.1) is 5.41 Å². The Morgan fingerprint density at radius 1 is 1.10 bits per heavy atom. The van der Waals surface area contributed by atoms with Crippen molar-refractivity contribution in [1.29, 1.82) is 0 Å². The monoisotopic (exact) mass is 524 g/mol. The fourth-order valence-electron chi connectivity index (χ4n) is 6.37. The molecular weight excluding hydrogens is 492 g/mol. The van der Waals surface area contributed by atoms with Gasteiger partial charge in [-0.3, -0.25) is 14.4 Å². The molecule has 2 aromatic carbocycles. The highest BCUT2D eigenvalue weighted by Crippen LogP contribution is 2.47. The molecule has 0 bridgehead atoms. The number of methoxy groups -OCH3 is 1. The maximum absolute atomic E-state index is 13.5. The van der Waals surface area contributed by atoms with Crippen molar-refractivity contribution in [2.45, 2.75) is 51.0 Å². The molecule has 3 aromatic rings. The van der Waals surface area contributed by atoms with Crippen LogP contribution in [-0.2, 0) is 32.6 Å². The number of rotatable bonds is 5. The quantitative estimate of drug-likeness (QED) is 0.515. The van der Waals surface area contributed by atoms with Crippen molar-refractivity contribution in [2.75, 3.05) is 24.3 Å². The number of carbonyl (C=O) groups is 3. The molecule has 2 atom stereocenters. The molecule has 0 radical (unpaired) electrons. The Kier molecular flexibility index (Phi) is 5.93. The Hall–Kier alpha value is -4.20. The summed E-state index contributed by atoms with van der Waals surface area (Å²) < 4.78 is 5.39. The lowest BCUT2D eigenvalue weighted by Gasteiger charge is -2.43. The van der Waals surface area contributed by atoms with Gasteiger partial charge in [-0.1, -0.05) is 38.1 Å². The van der Waals surface area contributed by atoms with Crippen molar-refractivity contribution < 1.29 is 19.1 Å². The molecule has 1 fully saturated rings. The maximum atomic E-state index is 13.5. The average Bonchev–Trinajstić information content (AvgIpc) is 3.44. The van der Waals surface area contributed by atoms with Crippen LogP contribution >= 0.6 is 0 Å². The Bertz CT molecular complexity index is 1500. The first-order chi connectivity index (χ1) is 18.7. The largest absolute Gasteiger partial charge is 0.497 e. The first kappa shape index (κ1) is 25.1. The number of benzene rings is 2. The summed E-state index contributed by atoms with van der Waals surface area (Å²) in [6.07, 6.45) is 4.33. The minimum absolute atomic E-state index is 0.0344. The molecular formula is C31H32N4O4. The first-order valence-electron chi connectivity index (χ1n) is 13.3. The molecule has 8 nitrogen and oxygen atoms in total. The standard InChI is InChI=1S/C31H32N4O4/c1-30(2)12-11-25(19-6-4-7-23(15-19)39-3)35(29(30)38)18-26(36)33-22-10-9-20-16-31(17-21(20)14-22)24-8-5-13-32-27(24)34-28(31)37/h4-10,13-15,25H,11-12,16-18H2,1-3H3,(H,33,36)(H,32,34,37)/t25-,31-/m1/s1. The van der Waals surface area contributed by atoms with Gasteiger partial charge in [0, 0.05) is 22.9 Å². The number of hydrogen-bond donors (Lipinski definition) is 2. The van der Waals surface area contributed by atoms with E-state index >= 15 is 0 Å². The highest BCUT2D eigenvalue weighted by atomic mass is 16.5. The van der Waals surface area contributed by atoms with E-state index in [0.717, 1.165) is 40.8 Å². The lowest BCUT2D eigenvalue weighted by atomic mass is 9.78. The van der Waals surface area contributed by atoms with E-state index in [2.05, 4.69) is 15.6 Å². The van der Waals surface area contributed by atoms with Crippen LogP contribution < -0.4 is 15.4 Å². The van der Waals surface area contributed by atoms with E-state index in [1.807, 2.05) is 68.4 Å². The van der Waals surface area contributed by atoms with Crippen molar-refractivity contribution in [3.05, 3.63) is 83.0 Å². The third kappa shape index (κ3) is 4.24. The summed E-state index contributed by atoms with van der Waals surface area (Å²) in [5.74, 6) is 1.03. The summed E-state index contributed by atoms with van der Waals surface area (Å²) in [7, 11) is 1.62. The van der Waals surface area contributed by atoms with Crippen LogP contribution in [0.2, 0.25) is 0 Å². The molecule has 3 amide bonds.